The van der Waals surface area contributed by atoms with Crippen molar-refractivity contribution < 1.29 is 19.4 Å². The first-order chi connectivity index (χ1) is 9.95. The Bertz CT molecular complexity index is 512. The van der Waals surface area contributed by atoms with E-state index in [1.165, 1.54) is 12.0 Å². The molecule has 0 radical (unpaired) electrons. The fraction of sp³-hybridized carbons (Fsp3) is 0.533. The van der Waals surface area contributed by atoms with Crippen molar-refractivity contribution in [2.45, 2.75) is 18.4 Å². The molecule has 6 nitrogen and oxygen atoms in total. The van der Waals surface area contributed by atoms with E-state index in [4.69, 9.17) is 15.2 Å². The summed E-state index contributed by atoms with van der Waals surface area (Å²) in [7, 11) is 3.20. The second-order valence-electron chi connectivity index (χ2n) is 5.45. The Kier molecular flexibility index (Phi) is 4.69. The summed E-state index contributed by atoms with van der Waals surface area (Å²) in [4.78, 5) is 14.0. The van der Waals surface area contributed by atoms with Gasteiger partial charge in [-0.25, -0.2) is 0 Å². The van der Waals surface area contributed by atoms with Gasteiger partial charge in [-0.15, -0.1) is 0 Å². The molecule has 1 amide bonds. The molecule has 1 aromatic carbocycles. The number of carbonyl (C=O) groups excluding carboxylic acids is 1. The Morgan fingerprint density at radius 1 is 1.48 bits per heavy atom. The van der Waals surface area contributed by atoms with Crippen LogP contribution in [-0.2, 0) is 4.74 Å². The number of benzene rings is 1. The van der Waals surface area contributed by atoms with E-state index in [1.54, 1.807) is 25.2 Å². The second kappa shape index (κ2) is 6.32. The maximum atomic E-state index is 12.5. The second-order valence-corrected chi connectivity index (χ2v) is 5.45. The van der Waals surface area contributed by atoms with Crippen LogP contribution < -0.4 is 10.5 Å². The monoisotopic (exact) mass is 294 g/mol. The number of methoxy groups -OCH3 is 1. The molecule has 2 rings (SSSR count). The number of rotatable bonds is 4. The Balaban J connectivity index is 2.11. The molecule has 0 saturated carbocycles. The molecule has 1 aliphatic heterocycles. The third kappa shape index (κ3) is 3.65. The van der Waals surface area contributed by atoms with E-state index in [9.17, 15) is 9.90 Å². The minimum atomic E-state index is -0.893. The van der Waals surface area contributed by atoms with Crippen molar-refractivity contribution in [2.75, 3.05) is 39.6 Å². The Labute approximate surface area is 124 Å². The highest BCUT2D eigenvalue weighted by atomic mass is 16.5. The van der Waals surface area contributed by atoms with Gasteiger partial charge >= 0.3 is 0 Å². The molecule has 1 aromatic rings. The largest absolute Gasteiger partial charge is 0.497 e. The lowest BCUT2D eigenvalue weighted by atomic mass is 9.93. The lowest BCUT2D eigenvalue weighted by Crippen LogP contribution is -2.47. The summed E-state index contributed by atoms with van der Waals surface area (Å²) in [5.74, 6) is 0.344. The summed E-state index contributed by atoms with van der Waals surface area (Å²) in [5, 5.41) is 10.5. The van der Waals surface area contributed by atoms with Gasteiger partial charge in [-0.1, -0.05) is 0 Å². The lowest BCUT2D eigenvalue weighted by molar-refractivity contribution is -0.0734. The molecule has 1 saturated heterocycles. The summed E-state index contributed by atoms with van der Waals surface area (Å²) in [6.07, 6.45) is 1.05. The van der Waals surface area contributed by atoms with Crippen LogP contribution in [-0.4, -0.2) is 55.4 Å². The number of hydrogen-bond acceptors (Lipinski definition) is 5. The molecule has 116 valence electrons. The fourth-order valence-corrected chi connectivity index (χ4v) is 2.48. The Morgan fingerprint density at radius 2 is 2.14 bits per heavy atom. The van der Waals surface area contributed by atoms with E-state index in [-0.39, 0.29) is 12.5 Å². The number of nitrogen functional groups attached to an aromatic ring is 1. The maximum absolute atomic E-state index is 12.5. The zero-order valence-corrected chi connectivity index (χ0v) is 12.5. The van der Waals surface area contributed by atoms with Crippen LogP contribution in [0.3, 0.4) is 0 Å². The van der Waals surface area contributed by atoms with Crippen LogP contribution in [0.1, 0.15) is 23.2 Å². The summed E-state index contributed by atoms with van der Waals surface area (Å²) in [6.45, 7) is 1.28. The third-order valence-electron chi connectivity index (χ3n) is 3.79. The van der Waals surface area contributed by atoms with Gasteiger partial charge in [0.25, 0.3) is 5.91 Å². The van der Waals surface area contributed by atoms with Crippen LogP contribution in [0.4, 0.5) is 5.69 Å². The zero-order chi connectivity index (χ0) is 15.5. The SMILES string of the molecule is COc1ccc(N)c(C(=O)N(C)CC2(O)CCOCC2)c1. The minimum absolute atomic E-state index is 0.230. The van der Waals surface area contributed by atoms with Gasteiger partial charge in [0.1, 0.15) is 5.75 Å². The molecule has 3 N–H and O–H groups in total. The third-order valence-corrected chi connectivity index (χ3v) is 3.79. The van der Waals surface area contributed by atoms with Crippen molar-refractivity contribution in [3.8, 4) is 5.75 Å². The van der Waals surface area contributed by atoms with Crippen LogP contribution in [0.25, 0.3) is 0 Å². The molecule has 1 fully saturated rings. The van der Waals surface area contributed by atoms with Crippen molar-refractivity contribution >= 4 is 11.6 Å². The van der Waals surface area contributed by atoms with Gasteiger partial charge in [0.15, 0.2) is 0 Å². The number of hydrogen-bond donors (Lipinski definition) is 2. The molecule has 6 heteroatoms. The standard InChI is InChI=1S/C15H22N2O4/c1-17(10-15(19)5-7-21-8-6-15)14(18)12-9-11(20-2)3-4-13(12)16/h3-4,9,19H,5-8,10,16H2,1-2H3. The van der Waals surface area contributed by atoms with Crippen molar-refractivity contribution in [3.63, 3.8) is 0 Å². The number of anilines is 1. The van der Waals surface area contributed by atoms with Gasteiger partial charge in [-0.3, -0.25) is 4.79 Å². The van der Waals surface area contributed by atoms with Crippen LogP contribution >= 0.6 is 0 Å². The zero-order valence-electron chi connectivity index (χ0n) is 12.5. The molecule has 1 heterocycles. The van der Waals surface area contributed by atoms with Crippen molar-refractivity contribution in [1.29, 1.82) is 0 Å². The molecular weight excluding hydrogens is 272 g/mol. The fourth-order valence-electron chi connectivity index (χ4n) is 2.48. The van der Waals surface area contributed by atoms with Crippen molar-refractivity contribution in [3.05, 3.63) is 23.8 Å². The maximum Gasteiger partial charge on any atom is 0.255 e. The van der Waals surface area contributed by atoms with Gasteiger partial charge < -0.3 is 25.2 Å². The first kappa shape index (κ1) is 15.6. The van der Waals surface area contributed by atoms with E-state index < -0.39 is 5.60 Å². The number of carbonyl (C=O) groups is 1. The first-order valence-electron chi connectivity index (χ1n) is 6.94. The Morgan fingerprint density at radius 3 is 2.76 bits per heavy atom. The van der Waals surface area contributed by atoms with Crippen LogP contribution in [0.15, 0.2) is 18.2 Å². The molecule has 0 bridgehead atoms. The van der Waals surface area contributed by atoms with Crippen molar-refractivity contribution in [1.82, 2.24) is 4.90 Å². The Hall–Kier alpha value is -1.79. The normalized spacial score (nSPS) is 17.3. The summed E-state index contributed by atoms with van der Waals surface area (Å²) >= 11 is 0. The van der Waals surface area contributed by atoms with Crippen LogP contribution in [0.5, 0.6) is 5.75 Å². The highest BCUT2D eigenvalue weighted by Gasteiger charge is 2.32. The topological polar surface area (TPSA) is 85.0 Å². The van der Waals surface area contributed by atoms with E-state index in [0.717, 1.165) is 0 Å². The van der Waals surface area contributed by atoms with Gasteiger partial charge in [-0.2, -0.15) is 0 Å². The van der Waals surface area contributed by atoms with Gasteiger partial charge in [0, 0.05) is 45.3 Å². The molecule has 1 aliphatic rings. The van der Waals surface area contributed by atoms with Gasteiger partial charge in [0.05, 0.1) is 18.3 Å². The number of aliphatic hydroxyl groups is 1. The molecule has 21 heavy (non-hydrogen) atoms. The number of ether oxygens (including phenoxy) is 2. The van der Waals surface area contributed by atoms with Crippen LogP contribution in [0, 0.1) is 0 Å². The predicted molar refractivity (Wildman–Crippen MR) is 79.4 cm³/mol. The molecule has 0 unspecified atom stereocenters. The van der Waals surface area contributed by atoms with Gasteiger partial charge in [-0.05, 0) is 18.2 Å². The molecule has 0 aliphatic carbocycles. The summed E-state index contributed by atoms with van der Waals surface area (Å²) in [5.41, 5.74) is 5.75. The number of nitrogens with zero attached hydrogens (tertiary/aromatic N) is 1. The first-order valence-corrected chi connectivity index (χ1v) is 6.94. The summed E-state index contributed by atoms with van der Waals surface area (Å²) < 4.78 is 10.4. The smallest absolute Gasteiger partial charge is 0.255 e. The van der Waals surface area contributed by atoms with E-state index in [1.807, 2.05) is 0 Å². The molecule has 0 aromatic heterocycles. The number of likely N-dealkylation sites (N-methyl/N-ethyl adjacent to an activating group) is 1. The minimum Gasteiger partial charge on any atom is -0.497 e. The van der Waals surface area contributed by atoms with Crippen LogP contribution in [0.2, 0.25) is 0 Å². The average Bonchev–Trinajstić information content (AvgIpc) is 2.47. The molecular formula is C15H22N2O4. The highest BCUT2D eigenvalue weighted by Crippen LogP contribution is 2.24. The van der Waals surface area contributed by atoms with E-state index >= 15 is 0 Å². The van der Waals surface area contributed by atoms with Gasteiger partial charge in [0.2, 0.25) is 0 Å². The predicted octanol–water partition coefficient (Wildman–Crippen LogP) is 0.891. The summed E-state index contributed by atoms with van der Waals surface area (Å²) in [6, 6.07) is 4.96. The highest BCUT2D eigenvalue weighted by molar-refractivity contribution is 5.99. The van der Waals surface area contributed by atoms with E-state index in [0.29, 0.717) is 43.1 Å². The average molecular weight is 294 g/mol. The van der Waals surface area contributed by atoms with E-state index in [2.05, 4.69) is 0 Å². The number of amides is 1. The molecule has 0 spiro atoms. The quantitative estimate of drug-likeness (QED) is 0.806. The number of nitrogens with two attached hydrogens (primary N) is 1. The lowest BCUT2D eigenvalue weighted by Gasteiger charge is -2.35. The molecule has 0 atom stereocenters. The van der Waals surface area contributed by atoms with Crippen molar-refractivity contribution in [2.24, 2.45) is 0 Å².